The van der Waals surface area contributed by atoms with Crippen LogP contribution in [-0.2, 0) is 4.79 Å². The molecule has 0 spiro atoms. The summed E-state index contributed by atoms with van der Waals surface area (Å²) in [6.07, 6.45) is 20.3. The fourth-order valence-electron chi connectivity index (χ4n) is 2.67. The van der Waals surface area contributed by atoms with Gasteiger partial charge in [-0.3, -0.25) is 4.79 Å². The lowest BCUT2D eigenvalue weighted by molar-refractivity contribution is -0.137. The molecule has 0 aromatic heterocycles. The number of carbonyl (C=O) groups is 1. The number of unbranched alkanes of at least 4 members (excludes halogenated alkanes) is 14. The first kappa shape index (κ1) is 21.2. The van der Waals surface area contributed by atoms with Crippen molar-refractivity contribution in [3.63, 3.8) is 0 Å². The molecule has 0 aliphatic rings. The summed E-state index contributed by atoms with van der Waals surface area (Å²) in [5.74, 6) is -0.653. The molecule has 0 atom stereocenters. The second kappa shape index (κ2) is 18.2. The Balaban J connectivity index is 2.95. The SMILES string of the molecule is O=C(O)CCCCCCCCCCCCCCCCCI. The van der Waals surface area contributed by atoms with Gasteiger partial charge in [-0.15, -0.1) is 0 Å². The van der Waals surface area contributed by atoms with Crippen molar-refractivity contribution in [2.45, 2.75) is 103 Å². The minimum absolute atomic E-state index is 0.345. The fourth-order valence-corrected chi connectivity index (χ4v) is 3.21. The molecule has 0 aliphatic carbocycles. The van der Waals surface area contributed by atoms with Gasteiger partial charge in [0.1, 0.15) is 0 Å². The van der Waals surface area contributed by atoms with E-state index in [0.717, 1.165) is 12.8 Å². The van der Waals surface area contributed by atoms with Crippen LogP contribution in [0.25, 0.3) is 0 Å². The van der Waals surface area contributed by atoms with Gasteiger partial charge in [0, 0.05) is 6.42 Å². The molecule has 0 unspecified atom stereocenters. The zero-order valence-electron chi connectivity index (χ0n) is 13.8. The van der Waals surface area contributed by atoms with Crippen LogP contribution < -0.4 is 0 Å². The van der Waals surface area contributed by atoms with Crippen molar-refractivity contribution in [1.29, 1.82) is 0 Å². The minimum Gasteiger partial charge on any atom is -0.481 e. The van der Waals surface area contributed by atoms with Gasteiger partial charge in [0.25, 0.3) is 0 Å². The van der Waals surface area contributed by atoms with Crippen molar-refractivity contribution < 1.29 is 9.90 Å². The van der Waals surface area contributed by atoms with Crippen molar-refractivity contribution >= 4 is 28.6 Å². The number of rotatable bonds is 17. The normalized spacial score (nSPS) is 10.9. The van der Waals surface area contributed by atoms with Crippen LogP contribution in [0, 0.1) is 0 Å². The summed E-state index contributed by atoms with van der Waals surface area (Å²) in [4.78, 5) is 10.3. The maximum Gasteiger partial charge on any atom is 0.303 e. The van der Waals surface area contributed by atoms with E-state index in [1.54, 1.807) is 0 Å². The van der Waals surface area contributed by atoms with Crippen molar-refractivity contribution in [3.05, 3.63) is 0 Å². The quantitative estimate of drug-likeness (QED) is 0.164. The number of carboxylic acids is 1. The van der Waals surface area contributed by atoms with Gasteiger partial charge >= 0.3 is 5.97 Å². The van der Waals surface area contributed by atoms with E-state index >= 15 is 0 Å². The maximum absolute atomic E-state index is 10.3. The van der Waals surface area contributed by atoms with E-state index < -0.39 is 5.97 Å². The predicted molar refractivity (Wildman–Crippen MR) is 100 cm³/mol. The lowest BCUT2D eigenvalue weighted by atomic mass is 10.0. The Morgan fingerprint density at radius 1 is 0.571 bits per heavy atom. The van der Waals surface area contributed by atoms with Gasteiger partial charge in [0.15, 0.2) is 0 Å². The van der Waals surface area contributed by atoms with Gasteiger partial charge in [-0.25, -0.2) is 0 Å². The Labute approximate surface area is 145 Å². The summed E-state index contributed by atoms with van der Waals surface area (Å²) < 4.78 is 1.32. The summed E-state index contributed by atoms with van der Waals surface area (Å²) in [5.41, 5.74) is 0. The van der Waals surface area contributed by atoms with E-state index in [2.05, 4.69) is 22.6 Å². The van der Waals surface area contributed by atoms with E-state index in [0.29, 0.717) is 6.42 Å². The van der Waals surface area contributed by atoms with Crippen LogP contribution in [0.4, 0.5) is 0 Å². The lowest BCUT2D eigenvalue weighted by Gasteiger charge is -2.03. The van der Waals surface area contributed by atoms with Crippen molar-refractivity contribution in [3.8, 4) is 0 Å². The second-order valence-electron chi connectivity index (χ2n) is 6.14. The predicted octanol–water partition coefficient (Wildman–Crippen LogP) is 6.75. The zero-order valence-corrected chi connectivity index (χ0v) is 15.9. The third kappa shape index (κ3) is 20.2. The Hall–Kier alpha value is 0.200. The van der Waals surface area contributed by atoms with Crippen LogP contribution in [0.5, 0.6) is 0 Å². The molecule has 0 radical (unpaired) electrons. The molecular formula is C18H35IO2. The number of carboxylic acid groups (broad SMARTS) is 1. The maximum atomic E-state index is 10.3. The molecule has 2 nitrogen and oxygen atoms in total. The summed E-state index contributed by atoms with van der Waals surface area (Å²) in [6.45, 7) is 0. The van der Waals surface area contributed by atoms with Crippen molar-refractivity contribution in [2.24, 2.45) is 0 Å². The highest BCUT2D eigenvalue weighted by atomic mass is 127. The average Bonchev–Trinajstić information content (AvgIpc) is 2.46. The molecule has 0 aromatic carbocycles. The zero-order chi connectivity index (χ0) is 15.6. The lowest BCUT2D eigenvalue weighted by Crippen LogP contribution is -1.93. The monoisotopic (exact) mass is 410 g/mol. The van der Waals surface area contributed by atoms with Gasteiger partial charge < -0.3 is 5.11 Å². The first-order chi connectivity index (χ1) is 10.3. The molecule has 0 bridgehead atoms. The molecule has 21 heavy (non-hydrogen) atoms. The molecule has 126 valence electrons. The third-order valence-electron chi connectivity index (χ3n) is 4.02. The Morgan fingerprint density at radius 2 is 0.857 bits per heavy atom. The average molecular weight is 410 g/mol. The Morgan fingerprint density at radius 3 is 1.14 bits per heavy atom. The fraction of sp³-hybridized carbons (Fsp3) is 0.944. The Bertz CT molecular complexity index is 219. The molecule has 0 saturated carbocycles. The highest BCUT2D eigenvalue weighted by molar-refractivity contribution is 14.1. The van der Waals surface area contributed by atoms with Crippen molar-refractivity contribution in [1.82, 2.24) is 0 Å². The summed E-state index contributed by atoms with van der Waals surface area (Å²) >= 11 is 2.47. The van der Waals surface area contributed by atoms with Gasteiger partial charge in [-0.2, -0.15) is 0 Å². The van der Waals surface area contributed by atoms with Crippen LogP contribution in [0.3, 0.4) is 0 Å². The van der Waals surface area contributed by atoms with Gasteiger partial charge in [-0.1, -0.05) is 106 Å². The van der Waals surface area contributed by atoms with Crippen LogP contribution in [0.1, 0.15) is 103 Å². The minimum atomic E-state index is -0.653. The molecule has 0 aromatic rings. The van der Waals surface area contributed by atoms with E-state index in [1.807, 2.05) is 0 Å². The molecule has 0 saturated heterocycles. The molecule has 0 rings (SSSR count). The first-order valence-corrected chi connectivity index (χ1v) is 10.6. The van der Waals surface area contributed by atoms with Gasteiger partial charge in [-0.05, 0) is 17.3 Å². The van der Waals surface area contributed by atoms with Gasteiger partial charge in [0.05, 0.1) is 0 Å². The molecule has 3 heteroatoms. The van der Waals surface area contributed by atoms with E-state index in [9.17, 15) is 4.79 Å². The summed E-state index contributed by atoms with van der Waals surface area (Å²) in [7, 11) is 0. The number of halogens is 1. The van der Waals surface area contributed by atoms with Crippen LogP contribution in [0.15, 0.2) is 0 Å². The van der Waals surface area contributed by atoms with E-state index in [-0.39, 0.29) is 0 Å². The van der Waals surface area contributed by atoms with Crippen molar-refractivity contribution in [2.75, 3.05) is 4.43 Å². The van der Waals surface area contributed by atoms with Crippen LogP contribution in [0.2, 0.25) is 0 Å². The van der Waals surface area contributed by atoms with Crippen LogP contribution >= 0.6 is 22.6 Å². The number of alkyl halides is 1. The molecular weight excluding hydrogens is 375 g/mol. The van der Waals surface area contributed by atoms with E-state index in [1.165, 1.54) is 87.9 Å². The Kier molecular flexibility index (Phi) is 18.4. The largest absolute Gasteiger partial charge is 0.481 e. The molecule has 0 aliphatic heterocycles. The smallest absolute Gasteiger partial charge is 0.303 e. The van der Waals surface area contributed by atoms with Gasteiger partial charge in [0.2, 0.25) is 0 Å². The first-order valence-electron chi connectivity index (χ1n) is 9.05. The highest BCUT2D eigenvalue weighted by Crippen LogP contribution is 2.13. The molecule has 0 fully saturated rings. The number of aliphatic carboxylic acids is 1. The highest BCUT2D eigenvalue weighted by Gasteiger charge is 1.97. The molecule has 0 heterocycles. The summed E-state index contributed by atoms with van der Waals surface area (Å²) in [5, 5.41) is 8.53. The standard InChI is InChI=1S/C18H35IO2/c19-17-15-13-11-9-7-5-3-1-2-4-6-8-10-12-14-16-18(20)21/h1-17H2,(H,20,21). The molecule has 0 amide bonds. The number of hydrogen-bond donors (Lipinski definition) is 1. The topological polar surface area (TPSA) is 37.3 Å². The summed E-state index contributed by atoms with van der Waals surface area (Å²) in [6, 6.07) is 0. The van der Waals surface area contributed by atoms with E-state index in [4.69, 9.17) is 5.11 Å². The molecule has 1 N–H and O–H groups in total. The van der Waals surface area contributed by atoms with Crippen LogP contribution in [-0.4, -0.2) is 15.5 Å². The second-order valence-corrected chi connectivity index (χ2v) is 7.21. The third-order valence-corrected chi connectivity index (χ3v) is 4.79. The number of hydrogen-bond acceptors (Lipinski definition) is 1.